The number of allylic oxidation sites excluding steroid dienone is 2. The van der Waals surface area contributed by atoms with E-state index in [4.69, 9.17) is 23.2 Å². The molecule has 9 heteroatoms. The number of carbonyl (C=O) groups is 2. The number of para-hydroxylation sites is 1. The number of hydrogen-bond acceptors (Lipinski definition) is 4. The molecule has 0 bridgehead atoms. The van der Waals surface area contributed by atoms with Crippen molar-refractivity contribution < 1.29 is 9.59 Å². The van der Waals surface area contributed by atoms with Crippen molar-refractivity contribution in [2.24, 2.45) is 5.92 Å². The molecule has 0 spiro atoms. The third-order valence-corrected chi connectivity index (χ3v) is 11.0. The van der Waals surface area contributed by atoms with E-state index in [0.29, 0.717) is 22.3 Å². The van der Waals surface area contributed by atoms with Crippen LogP contribution in [0.15, 0.2) is 103 Å². The van der Waals surface area contributed by atoms with Crippen LogP contribution in [0.25, 0.3) is 22.2 Å². The molecule has 264 valence electrons. The van der Waals surface area contributed by atoms with E-state index < -0.39 is 0 Å². The molecule has 4 aromatic carbocycles. The first kappa shape index (κ1) is 34.3. The van der Waals surface area contributed by atoms with Crippen LogP contribution in [0.3, 0.4) is 0 Å². The number of amides is 2. The van der Waals surface area contributed by atoms with E-state index >= 15 is 0 Å². The molecule has 5 aromatic rings. The molecule has 2 amide bonds. The normalized spacial score (nSPS) is 20.1. The summed E-state index contributed by atoms with van der Waals surface area (Å²) >= 11 is 13.3. The minimum atomic E-state index is -0.221. The Hall–Kier alpha value is -4.82. The number of nitrogens with zero attached hydrogens (tertiary/aromatic N) is 2. The van der Waals surface area contributed by atoms with Crippen LogP contribution in [0.1, 0.15) is 77.5 Å². The Balaban J connectivity index is 1.27. The quantitative estimate of drug-likeness (QED) is 0.156. The zero-order chi connectivity index (χ0) is 35.9. The lowest BCUT2D eigenvalue weighted by molar-refractivity contribution is -0.120. The molecule has 1 aromatic heterocycles. The number of H-pyrrole nitrogens is 1. The SMILES string of the molecule is CC(=O)NC1CCCN(Cc2ccccc2NC(=O)c2[nH]c3cc(Cl)cc4c3c2C2=C(c3ccccc3)C(C)CC=CN2C4c2ccc(Cl)cc2)C1. The van der Waals surface area contributed by atoms with Gasteiger partial charge in [-0.05, 0) is 89.9 Å². The summed E-state index contributed by atoms with van der Waals surface area (Å²) in [5.74, 6) is -0.0552. The van der Waals surface area contributed by atoms with E-state index in [9.17, 15) is 9.59 Å². The van der Waals surface area contributed by atoms with Gasteiger partial charge in [0.2, 0.25) is 5.91 Å². The maximum atomic E-state index is 14.8. The number of anilines is 1. The number of fused-ring (bicyclic) bond motifs is 2. The lowest BCUT2D eigenvalue weighted by atomic mass is 9.82. The number of hydrogen-bond donors (Lipinski definition) is 3. The molecule has 3 N–H and O–H groups in total. The van der Waals surface area contributed by atoms with Gasteiger partial charge in [-0.1, -0.05) is 96.9 Å². The van der Waals surface area contributed by atoms with Crippen LogP contribution in [-0.2, 0) is 11.3 Å². The van der Waals surface area contributed by atoms with E-state index in [1.807, 2.05) is 48.5 Å². The summed E-state index contributed by atoms with van der Waals surface area (Å²) < 4.78 is 0. The molecule has 1 saturated heterocycles. The number of carbonyl (C=O) groups excluding carboxylic acids is 2. The predicted octanol–water partition coefficient (Wildman–Crippen LogP) is 9.65. The number of piperidine rings is 1. The lowest BCUT2D eigenvalue weighted by Gasteiger charge is -2.39. The first-order chi connectivity index (χ1) is 25.2. The van der Waals surface area contributed by atoms with Crippen molar-refractivity contribution >= 4 is 62.9 Å². The molecule has 8 rings (SSSR count). The van der Waals surface area contributed by atoms with E-state index in [1.54, 1.807) is 6.92 Å². The van der Waals surface area contributed by atoms with Gasteiger partial charge in [-0.15, -0.1) is 0 Å². The van der Waals surface area contributed by atoms with Crippen LogP contribution in [0.2, 0.25) is 10.0 Å². The number of halogens is 2. The van der Waals surface area contributed by atoms with Crippen molar-refractivity contribution in [3.05, 3.63) is 147 Å². The first-order valence-electron chi connectivity index (χ1n) is 18.0. The van der Waals surface area contributed by atoms with E-state index in [1.165, 1.54) is 5.57 Å². The Morgan fingerprint density at radius 3 is 2.50 bits per heavy atom. The smallest absolute Gasteiger partial charge is 0.272 e. The van der Waals surface area contributed by atoms with Crippen LogP contribution < -0.4 is 10.6 Å². The van der Waals surface area contributed by atoms with Crippen LogP contribution in [-0.4, -0.2) is 45.7 Å². The van der Waals surface area contributed by atoms with Gasteiger partial charge in [0.15, 0.2) is 0 Å². The molecule has 3 unspecified atom stereocenters. The Morgan fingerprint density at radius 1 is 0.942 bits per heavy atom. The largest absolute Gasteiger partial charge is 0.352 e. The molecule has 3 aliphatic heterocycles. The summed E-state index contributed by atoms with van der Waals surface area (Å²) in [6.45, 7) is 6.19. The summed E-state index contributed by atoms with van der Waals surface area (Å²) in [4.78, 5) is 34.8. The minimum Gasteiger partial charge on any atom is -0.352 e. The summed E-state index contributed by atoms with van der Waals surface area (Å²) in [6, 6.07) is 30.4. The van der Waals surface area contributed by atoms with Gasteiger partial charge in [-0.25, -0.2) is 0 Å². The van der Waals surface area contributed by atoms with Gasteiger partial charge in [0.05, 0.1) is 11.7 Å². The predicted molar refractivity (Wildman–Crippen MR) is 211 cm³/mol. The van der Waals surface area contributed by atoms with Crippen LogP contribution in [0.5, 0.6) is 0 Å². The highest BCUT2D eigenvalue weighted by Crippen LogP contribution is 2.52. The second-order valence-corrected chi connectivity index (χ2v) is 15.1. The second-order valence-electron chi connectivity index (χ2n) is 14.2. The van der Waals surface area contributed by atoms with Crippen LogP contribution in [0, 0.1) is 5.92 Å². The van der Waals surface area contributed by atoms with Crippen molar-refractivity contribution in [1.29, 1.82) is 0 Å². The highest BCUT2D eigenvalue weighted by Gasteiger charge is 2.39. The fourth-order valence-corrected chi connectivity index (χ4v) is 8.71. The van der Waals surface area contributed by atoms with Crippen molar-refractivity contribution in [3.8, 4) is 0 Å². The molecular weight excluding hydrogens is 689 g/mol. The molecule has 52 heavy (non-hydrogen) atoms. The van der Waals surface area contributed by atoms with Crippen LogP contribution >= 0.6 is 23.2 Å². The van der Waals surface area contributed by atoms with Gasteiger partial charge in [-0.3, -0.25) is 14.5 Å². The van der Waals surface area contributed by atoms with Gasteiger partial charge in [0.25, 0.3) is 5.91 Å². The Labute approximate surface area is 314 Å². The van der Waals surface area contributed by atoms with Crippen molar-refractivity contribution in [2.45, 2.75) is 51.7 Å². The fourth-order valence-electron chi connectivity index (χ4n) is 8.36. The fraction of sp³-hybridized carbons (Fsp3) is 0.256. The molecular formula is C43H41Cl2N5O2. The number of likely N-dealkylation sites (tertiary alicyclic amines) is 1. The third kappa shape index (κ3) is 6.53. The molecule has 7 nitrogen and oxygen atoms in total. The number of benzene rings is 4. The van der Waals surface area contributed by atoms with Crippen LogP contribution in [0.4, 0.5) is 5.69 Å². The number of aromatic nitrogens is 1. The number of aromatic amines is 1. The van der Waals surface area contributed by atoms with Gasteiger partial charge in [-0.2, -0.15) is 0 Å². The van der Waals surface area contributed by atoms with Crippen molar-refractivity contribution in [2.75, 3.05) is 18.4 Å². The number of rotatable bonds is 7. The van der Waals surface area contributed by atoms with E-state index in [2.05, 4.69) is 87.1 Å². The lowest BCUT2D eigenvalue weighted by Crippen LogP contribution is -2.46. The molecule has 0 aliphatic carbocycles. The first-order valence-corrected chi connectivity index (χ1v) is 18.7. The Morgan fingerprint density at radius 2 is 1.71 bits per heavy atom. The maximum absolute atomic E-state index is 14.8. The van der Waals surface area contributed by atoms with Gasteiger partial charge in [0.1, 0.15) is 5.69 Å². The van der Waals surface area contributed by atoms with E-state index in [-0.39, 0.29) is 29.8 Å². The highest BCUT2D eigenvalue weighted by atomic mass is 35.5. The third-order valence-electron chi connectivity index (χ3n) is 10.5. The van der Waals surface area contributed by atoms with Gasteiger partial charge < -0.3 is 20.5 Å². The van der Waals surface area contributed by atoms with Gasteiger partial charge in [0, 0.05) is 64.5 Å². The maximum Gasteiger partial charge on any atom is 0.272 e. The summed E-state index contributed by atoms with van der Waals surface area (Å²) in [6.07, 6.45) is 7.22. The van der Waals surface area contributed by atoms with Gasteiger partial charge >= 0.3 is 0 Å². The number of nitrogens with one attached hydrogen (secondary N) is 3. The molecule has 4 heterocycles. The topological polar surface area (TPSA) is 80.5 Å². The zero-order valence-electron chi connectivity index (χ0n) is 29.3. The standard InChI is InChI=1S/C43H41Cl2N5O2/c1-26-10-8-21-50-41(29-16-18-31(44)19-17-29)34-22-32(45)23-36-38(34)39(42(50)37(26)28-11-4-3-5-12-28)40(47-36)43(52)48-35-15-7-6-13-30(35)24-49-20-9-14-33(25-49)46-27(2)51/h3-8,11-13,15-19,21-23,26,33,41,47H,9-10,14,20,24-25H2,1-2H3,(H,46,51)(H,48,52). The average Bonchev–Trinajstić information content (AvgIpc) is 3.42. The van der Waals surface area contributed by atoms with Crippen molar-refractivity contribution in [3.63, 3.8) is 0 Å². The van der Waals surface area contributed by atoms with E-state index in [0.717, 1.165) is 82.5 Å². The molecule has 0 radical (unpaired) electrons. The molecule has 3 aliphatic rings. The average molecular weight is 731 g/mol. The van der Waals surface area contributed by atoms with Crippen molar-refractivity contribution in [1.82, 2.24) is 20.1 Å². The minimum absolute atomic E-state index is 0.00611. The molecule has 0 saturated carbocycles. The Bertz CT molecular complexity index is 2230. The highest BCUT2D eigenvalue weighted by molar-refractivity contribution is 6.32. The molecule has 3 atom stereocenters. The summed E-state index contributed by atoms with van der Waals surface area (Å²) in [5, 5.41) is 8.64. The molecule has 1 fully saturated rings. The Kier molecular flexibility index (Phi) is 9.43. The zero-order valence-corrected chi connectivity index (χ0v) is 30.8. The summed E-state index contributed by atoms with van der Waals surface area (Å²) in [7, 11) is 0. The monoisotopic (exact) mass is 729 g/mol. The summed E-state index contributed by atoms with van der Waals surface area (Å²) in [5.41, 5.74) is 9.35. The second kappa shape index (κ2) is 14.3.